The van der Waals surface area contributed by atoms with E-state index in [4.69, 9.17) is 0 Å². The first kappa shape index (κ1) is 10.7. The Balaban J connectivity index is 2.59. The molecule has 72 valence electrons. The largest absolute Gasteiger partial charge is 0.591 e. The van der Waals surface area contributed by atoms with E-state index in [9.17, 15) is 4.55 Å². The van der Waals surface area contributed by atoms with Crippen LogP contribution in [0.1, 0.15) is 25.6 Å². The van der Waals surface area contributed by atoms with Gasteiger partial charge in [-0.3, -0.25) is 4.98 Å². The predicted molar refractivity (Wildman–Crippen MR) is 57.6 cm³/mol. The summed E-state index contributed by atoms with van der Waals surface area (Å²) in [5.41, 5.74) is 1.72. The molecular weight excluding hydrogens is 204 g/mol. The van der Waals surface area contributed by atoms with Crippen LogP contribution in [0.4, 0.5) is 0 Å². The van der Waals surface area contributed by atoms with Gasteiger partial charge in [0.1, 0.15) is 16.1 Å². The maximum Gasteiger partial charge on any atom is 0.144 e. The van der Waals surface area contributed by atoms with Gasteiger partial charge in [0.15, 0.2) is 0 Å². The lowest BCUT2D eigenvalue weighted by Crippen LogP contribution is -2.25. The molecule has 1 unspecified atom stereocenters. The molecule has 0 spiro atoms. The number of aromatic nitrogens is 1. The first-order valence-corrected chi connectivity index (χ1v) is 5.83. The van der Waals surface area contributed by atoms with Crippen molar-refractivity contribution < 1.29 is 4.55 Å². The molecule has 1 heterocycles. The highest BCUT2D eigenvalue weighted by Crippen LogP contribution is 2.17. The molecule has 0 aromatic carbocycles. The van der Waals surface area contributed by atoms with Crippen molar-refractivity contribution in [2.75, 3.05) is 0 Å². The fourth-order valence-electron chi connectivity index (χ4n) is 0.547. The molecule has 0 radical (unpaired) electrons. The van der Waals surface area contributed by atoms with Crippen molar-refractivity contribution in [3.05, 3.63) is 16.6 Å². The van der Waals surface area contributed by atoms with Gasteiger partial charge in [-0.25, -0.2) is 0 Å². The topological polar surface area (TPSA) is 48.3 Å². The average Bonchev–Trinajstić information content (AvgIpc) is 2.50. The minimum atomic E-state index is -1.17. The van der Waals surface area contributed by atoms with Crippen LogP contribution in [0.25, 0.3) is 0 Å². The number of thiazole rings is 1. The Bertz CT molecular complexity index is 277. The minimum Gasteiger partial charge on any atom is -0.591 e. The van der Waals surface area contributed by atoms with Crippen LogP contribution in [-0.2, 0) is 11.4 Å². The summed E-state index contributed by atoms with van der Waals surface area (Å²) in [6.07, 6.45) is 3.31. The highest BCUT2D eigenvalue weighted by molar-refractivity contribution is 7.91. The maximum absolute atomic E-state index is 11.5. The lowest BCUT2D eigenvalue weighted by Gasteiger charge is -2.17. The molecule has 0 aliphatic rings. The Kier molecular flexibility index (Phi) is 3.47. The van der Waals surface area contributed by atoms with Gasteiger partial charge in [-0.05, 0) is 20.8 Å². The second-order valence-corrected chi connectivity index (χ2v) is 6.35. The Morgan fingerprint density at radius 3 is 2.77 bits per heavy atom. The van der Waals surface area contributed by atoms with Gasteiger partial charge in [0.2, 0.25) is 0 Å². The van der Waals surface area contributed by atoms with Crippen LogP contribution in [0.2, 0.25) is 0 Å². The Morgan fingerprint density at radius 2 is 2.31 bits per heavy atom. The molecule has 1 atom stereocenters. The van der Waals surface area contributed by atoms with Crippen LogP contribution < -0.4 is 0 Å². The second-order valence-electron chi connectivity index (χ2n) is 3.50. The van der Waals surface area contributed by atoms with Crippen molar-refractivity contribution >= 4 is 28.9 Å². The fraction of sp³-hybridized carbons (Fsp3) is 0.500. The summed E-state index contributed by atoms with van der Waals surface area (Å²) in [4.78, 5) is 4.82. The third-order valence-electron chi connectivity index (χ3n) is 1.25. The molecule has 1 aromatic rings. The van der Waals surface area contributed by atoms with E-state index >= 15 is 0 Å². The number of nitrogens with zero attached hydrogens (tertiary/aromatic N) is 2. The molecule has 13 heavy (non-hydrogen) atoms. The molecule has 0 aliphatic heterocycles. The maximum atomic E-state index is 11.5. The van der Waals surface area contributed by atoms with E-state index < -0.39 is 11.4 Å². The van der Waals surface area contributed by atoms with Crippen LogP contribution in [0, 0.1) is 0 Å². The summed E-state index contributed by atoms with van der Waals surface area (Å²) in [5.74, 6) is 0. The summed E-state index contributed by atoms with van der Waals surface area (Å²) in [5, 5.41) is 0. The van der Waals surface area contributed by atoms with E-state index in [1.54, 1.807) is 17.9 Å². The molecule has 0 N–H and O–H groups in total. The van der Waals surface area contributed by atoms with E-state index in [1.807, 2.05) is 20.8 Å². The molecule has 0 saturated carbocycles. The molecule has 0 amide bonds. The lowest BCUT2D eigenvalue weighted by molar-refractivity contribution is 0.562. The van der Waals surface area contributed by atoms with Crippen LogP contribution in [0.15, 0.2) is 16.1 Å². The van der Waals surface area contributed by atoms with Crippen molar-refractivity contribution in [2.24, 2.45) is 4.40 Å². The van der Waals surface area contributed by atoms with Crippen LogP contribution in [0.3, 0.4) is 0 Å². The van der Waals surface area contributed by atoms with Crippen molar-refractivity contribution in [3.8, 4) is 0 Å². The van der Waals surface area contributed by atoms with Gasteiger partial charge in [0.05, 0.1) is 16.6 Å². The van der Waals surface area contributed by atoms with Crippen molar-refractivity contribution in [2.45, 2.75) is 25.5 Å². The van der Waals surface area contributed by atoms with Gasteiger partial charge in [0, 0.05) is 6.20 Å². The van der Waals surface area contributed by atoms with Crippen LogP contribution in [0.5, 0.6) is 0 Å². The number of rotatable bonds is 2. The van der Waals surface area contributed by atoms with Gasteiger partial charge >= 0.3 is 0 Å². The quantitative estimate of drug-likeness (QED) is 0.561. The first-order valence-electron chi connectivity index (χ1n) is 3.85. The minimum absolute atomic E-state index is 0.290. The molecule has 0 saturated heterocycles. The monoisotopic (exact) mass is 216 g/mol. The van der Waals surface area contributed by atoms with Crippen LogP contribution >= 0.6 is 11.3 Å². The van der Waals surface area contributed by atoms with Crippen molar-refractivity contribution in [3.63, 3.8) is 0 Å². The van der Waals surface area contributed by atoms with Crippen LogP contribution in [-0.4, -0.2) is 20.5 Å². The van der Waals surface area contributed by atoms with E-state index in [2.05, 4.69) is 9.38 Å². The average molecular weight is 216 g/mol. The standard InChI is InChI=1S/C8H12N2OS2/c1-8(2,3)13(11)10-5-7-4-9-6-12-7/h4-6H,1-3H3. The highest BCUT2D eigenvalue weighted by Gasteiger charge is 2.25. The van der Waals surface area contributed by atoms with Gasteiger partial charge in [-0.1, -0.05) is 4.40 Å². The normalized spacial score (nSPS) is 15.1. The van der Waals surface area contributed by atoms with Gasteiger partial charge in [-0.15, -0.1) is 11.3 Å². The second kappa shape index (κ2) is 4.21. The third-order valence-corrected chi connectivity index (χ3v) is 3.31. The Morgan fingerprint density at radius 1 is 1.62 bits per heavy atom. The van der Waals surface area contributed by atoms with E-state index in [0.29, 0.717) is 0 Å². The van der Waals surface area contributed by atoms with E-state index in [1.165, 1.54) is 11.3 Å². The number of hydrogen-bond acceptors (Lipinski definition) is 4. The van der Waals surface area contributed by atoms with E-state index in [-0.39, 0.29) is 4.75 Å². The predicted octanol–water partition coefficient (Wildman–Crippen LogP) is 2.02. The molecule has 0 aliphatic carbocycles. The van der Waals surface area contributed by atoms with E-state index in [0.717, 1.165) is 4.88 Å². The third kappa shape index (κ3) is 3.46. The lowest BCUT2D eigenvalue weighted by atomic mass is 10.3. The van der Waals surface area contributed by atoms with Gasteiger partial charge in [0.25, 0.3) is 0 Å². The highest BCUT2D eigenvalue weighted by atomic mass is 32.2. The van der Waals surface area contributed by atoms with Gasteiger partial charge in [-0.2, -0.15) is 0 Å². The molecule has 1 aromatic heterocycles. The molecule has 3 nitrogen and oxygen atoms in total. The first-order chi connectivity index (χ1) is 6.00. The van der Waals surface area contributed by atoms with Crippen molar-refractivity contribution in [1.82, 2.24) is 4.98 Å². The zero-order valence-electron chi connectivity index (χ0n) is 7.85. The van der Waals surface area contributed by atoms with Crippen molar-refractivity contribution in [1.29, 1.82) is 0 Å². The molecule has 0 fully saturated rings. The summed E-state index contributed by atoms with van der Waals surface area (Å²) < 4.78 is 15.1. The molecule has 0 bridgehead atoms. The number of hydrogen-bond donors (Lipinski definition) is 0. The smallest absolute Gasteiger partial charge is 0.144 e. The zero-order valence-corrected chi connectivity index (χ0v) is 9.48. The SMILES string of the molecule is CC(C)(C)[S+]([O-])N=Cc1cncs1. The summed E-state index contributed by atoms with van der Waals surface area (Å²) in [6.45, 7) is 5.69. The zero-order chi connectivity index (χ0) is 9.90. The summed E-state index contributed by atoms with van der Waals surface area (Å²) >= 11 is 0.307. The molecular formula is C8H12N2OS2. The Hall–Kier alpha value is -0.390. The molecule has 1 rings (SSSR count). The Labute approximate surface area is 85.2 Å². The molecule has 5 heteroatoms. The fourth-order valence-corrected chi connectivity index (χ4v) is 1.62. The summed E-state index contributed by atoms with van der Waals surface area (Å²) in [6, 6.07) is 0. The van der Waals surface area contributed by atoms with Gasteiger partial charge < -0.3 is 4.55 Å². The summed E-state index contributed by atoms with van der Waals surface area (Å²) in [7, 11) is 0.